The summed E-state index contributed by atoms with van der Waals surface area (Å²) in [5, 5.41) is 2.71. The van der Waals surface area contributed by atoms with Crippen molar-refractivity contribution in [3.63, 3.8) is 0 Å². The van der Waals surface area contributed by atoms with Gasteiger partial charge in [0.25, 0.3) is 0 Å². The zero-order chi connectivity index (χ0) is 16.1. The topological polar surface area (TPSA) is 61.9 Å². The fourth-order valence-corrected chi connectivity index (χ4v) is 3.52. The van der Waals surface area contributed by atoms with E-state index in [1.165, 1.54) is 6.92 Å². The Bertz CT molecular complexity index is 675. The Balaban J connectivity index is 1.54. The Morgan fingerprint density at radius 3 is 2.91 bits per heavy atom. The molecular formula is C16H18FN3O3. The molecule has 3 aliphatic rings. The second-order valence-corrected chi connectivity index (χ2v) is 6.32. The van der Waals surface area contributed by atoms with Gasteiger partial charge >= 0.3 is 6.09 Å². The largest absolute Gasteiger partial charge is 0.442 e. The molecule has 7 heteroatoms. The average molecular weight is 319 g/mol. The third kappa shape index (κ3) is 2.31. The van der Waals surface area contributed by atoms with Crippen LogP contribution in [0, 0.1) is 0 Å². The number of amides is 2. The summed E-state index contributed by atoms with van der Waals surface area (Å²) in [6, 6.07) is 5.76. The Morgan fingerprint density at radius 1 is 1.43 bits per heavy atom. The number of cyclic esters (lactones) is 1. The minimum Gasteiger partial charge on any atom is -0.442 e. The number of halogens is 1. The molecule has 2 atom stereocenters. The number of carbonyl (C=O) groups is 2. The highest BCUT2D eigenvalue weighted by Crippen LogP contribution is 2.40. The summed E-state index contributed by atoms with van der Waals surface area (Å²) in [4.78, 5) is 26.9. The zero-order valence-electron chi connectivity index (χ0n) is 12.8. The monoisotopic (exact) mass is 319 g/mol. The van der Waals surface area contributed by atoms with E-state index in [-0.39, 0.29) is 24.1 Å². The second-order valence-electron chi connectivity index (χ2n) is 6.32. The van der Waals surface area contributed by atoms with Crippen LogP contribution in [0.25, 0.3) is 0 Å². The standard InChI is InChI=1S/C16H18FN3O3/c1-9(21)18-6-15-14-5-10-4-12(19-7-11(17)8-19)2-3-13(10)20(14)16(22)23-15/h2-4,11,14-15H,5-8H2,1H3,(H,18,21)/t14-,15?/m0/s1. The summed E-state index contributed by atoms with van der Waals surface area (Å²) in [5.41, 5.74) is 2.91. The summed E-state index contributed by atoms with van der Waals surface area (Å²) in [7, 11) is 0. The normalized spacial score (nSPS) is 25.7. The number of hydrogen-bond acceptors (Lipinski definition) is 4. The molecule has 3 aliphatic heterocycles. The lowest BCUT2D eigenvalue weighted by molar-refractivity contribution is -0.119. The van der Waals surface area contributed by atoms with Gasteiger partial charge in [-0.3, -0.25) is 9.69 Å². The Labute approximate surface area is 133 Å². The van der Waals surface area contributed by atoms with Crippen molar-refractivity contribution >= 4 is 23.4 Å². The summed E-state index contributed by atoms with van der Waals surface area (Å²) in [6.07, 6.45) is -0.777. The van der Waals surface area contributed by atoms with Crippen LogP contribution in [0.3, 0.4) is 0 Å². The van der Waals surface area contributed by atoms with Crippen LogP contribution in [-0.2, 0) is 16.0 Å². The lowest BCUT2D eigenvalue weighted by atomic mass is 10.0. The van der Waals surface area contributed by atoms with Crippen molar-refractivity contribution in [1.82, 2.24) is 5.32 Å². The van der Waals surface area contributed by atoms with E-state index in [2.05, 4.69) is 5.32 Å². The molecule has 2 fully saturated rings. The van der Waals surface area contributed by atoms with Gasteiger partial charge in [0, 0.05) is 12.6 Å². The third-order valence-electron chi connectivity index (χ3n) is 4.72. The summed E-state index contributed by atoms with van der Waals surface area (Å²) < 4.78 is 18.4. The first-order valence-corrected chi connectivity index (χ1v) is 7.79. The quantitative estimate of drug-likeness (QED) is 0.910. The highest BCUT2D eigenvalue weighted by Gasteiger charge is 2.47. The second kappa shape index (κ2) is 5.11. The molecule has 122 valence electrons. The molecule has 0 radical (unpaired) electrons. The van der Waals surface area contributed by atoms with Crippen molar-refractivity contribution in [2.24, 2.45) is 0 Å². The molecule has 1 aromatic carbocycles. The fourth-order valence-electron chi connectivity index (χ4n) is 3.52. The van der Waals surface area contributed by atoms with Gasteiger partial charge in [-0.1, -0.05) is 0 Å². The van der Waals surface area contributed by atoms with E-state index in [1.54, 1.807) is 4.90 Å². The number of alkyl halides is 1. The number of anilines is 2. The number of ether oxygens (including phenoxy) is 1. The molecule has 1 N–H and O–H groups in total. The highest BCUT2D eigenvalue weighted by molar-refractivity contribution is 5.94. The van der Waals surface area contributed by atoms with Gasteiger partial charge in [-0.05, 0) is 30.2 Å². The van der Waals surface area contributed by atoms with E-state index in [0.717, 1.165) is 16.9 Å². The van der Waals surface area contributed by atoms with Crippen LogP contribution in [0.1, 0.15) is 12.5 Å². The number of rotatable bonds is 3. The maximum absolute atomic E-state index is 13.0. The number of fused-ring (bicyclic) bond motifs is 3. The molecule has 1 aromatic rings. The van der Waals surface area contributed by atoms with E-state index in [9.17, 15) is 14.0 Å². The zero-order valence-corrected chi connectivity index (χ0v) is 12.8. The number of carbonyl (C=O) groups excluding carboxylic acids is 2. The van der Waals surface area contributed by atoms with Gasteiger partial charge in [0.15, 0.2) is 0 Å². The van der Waals surface area contributed by atoms with Crippen molar-refractivity contribution < 1.29 is 18.7 Å². The third-order valence-corrected chi connectivity index (χ3v) is 4.72. The number of nitrogens with one attached hydrogen (secondary N) is 1. The fraction of sp³-hybridized carbons (Fsp3) is 0.500. The van der Waals surface area contributed by atoms with E-state index in [4.69, 9.17) is 4.74 Å². The van der Waals surface area contributed by atoms with Crippen LogP contribution in [0.2, 0.25) is 0 Å². The first kappa shape index (κ1) is 14.3. The van der Waals surface area contributed by atoms with Crippen LogP contribution in [0.4, 0.5) is 20.6 Å². The van der Waals surface area contributed by atoms with Gasteiger partial charge in [0.1, 0.15) is 12.3 Å². The van der Waals surface area contributed by atoms with Gasteiger partial charge in [0.05, 0.1) is 31.4 Å². The lowest BCUT2D eigenvalue weighted by Crippen LogP contribution is -2.48. The Kier molecular flexibility index (Phi) is 3.18. The predicted molar refractivity (Wildman–Crippen MR) is 82.5 cm³/mol. The molecule has 6 nitrogen and oxygen atoms in total. The maximum Gasteiger partial charge on any atom is 0.415 e. The number of nitrogens with zero attached hydrogens (tertiary/aromatic N) is 2. The van der Waals surface area contributed by atoms with Gasteiger partial charge in [-0.15, -0.1) is 0 Å². The van der Waals surface area contributed by atoms with Gasteiger partial charge in [-0.2, -0.15) is 0 Å². The summed E-state index contributed by atoms with van der Waals surface area (Å²) in [5.74, 6) is -0.143. The lowest BCUT2D eigenvalue weighted by Gasteiger charge is -2.36. The van der Waals surface area contributed by atoms with Crippen LogP contribution >= 0.6 is 0 Å². The van der Waals surface area contributed by atoms with Crippen molar-refractivity contribution in [3.8, 4) is 0 Å². The van der Waals surface area contributed by atoms with Crippen molar-refractivity contribution in [2.45, 2.75) is 31.7 Å². The minimum atomic E-state index is -0.747. The average Bonchev–Trinajstić information content (AvgIpc) is 2.99. The molecule has 0 saturated carbocycles. The summed E-state index contributed by atoms with van der Waals surface area (Å²) in [6.45, 7) is 2.62. The van der Waals surface area contributed by atoms with Crippen LogP contribution in [0.5, 0.6) is 0 Å². The highest BCUT2D eigenvalue weighted by atomic mass is 19.1. The first-order chi connectivity index (χ1) is 11.0. The van der Waals surface area contributed by atoms with Crippen LogP contribution in [-0.4, -0.2) is 50.0 Å². The maximum atomic E-state index is 13.0. The molecule has 2 amide bonds. The summed E-state index contributed by atoms with van der Waals surface area (Å²) >= 11 is 0. The first-order valence-electron chi connectivity index (χ1n) is 7.79. The molecule has 0 spiro atoms. The molecule has 0 bridgehead atoms. The molecule has 4 rings (SSSR count). The van der Waals surface area contributed by atoms with Crippen molar-refractivity contribution in [3.05, 3.63) is 23.8 Å². The Hall–Kier alpha value is -2.31. The molecule has 23 heavy (non-hydrogen) atoms. The molecule has 3 heterocycles. The van der Waals surface area contributed by atoms with Crippen molar-refractivity contribution in [2.75, 3.05) is 29.4 Å². The number of hydrogen-bond donors (Lipinski definition) is 1. The molecule has 1 unspecified atom stereocenters. The Morgan fingerprint density at radius 2 is 2.22 bits per heavy atom. The van der Waals surface area contributed by atoms with E-state index in [0.29, 0.717) is 26.1 Å². The molecule has 0 aromatic heterocycles. The van der Waals surface area contributed by atoms with Crippen LogP contribution < -0.4 is 15.1 Å². The van der Waals surface area contributed by atoms with E-state index < -0.39 is 6.17 Å². The predicted octanol–water partition coefficient (Wildman–Crippen LogP) is 1.23. The minimum absolute atomic E-state index is 0.0927. The molecule has 2 saturated heterocycles. The van der Waals surface area contributed by atoms with Crippen molar-refractivity contribution in [1.29, 1.82) is 0 Å². The van der Waals surface area contributed by atoms with Gasteiger partial charge in [0.2, 0.25) is 5.91 Å². The smallest absolute Gasteiger partial charge is 0.415 e. The molecule has 0 aliphatic carbocycles. The number of benzene rings is 1. The van der Waals surface area contributed by atoms with Gasteiger partial charge < -0.3 is 15.0 Å². The molecular weight excluding hydrogens is 301 g/mol. The SMILES string of the molecule is CC(=O)NCC1OC(=O)N2c3ccc(N4CC(F)C4)cc3C[C@@H]12. The van der Waals surface area contributed by atoms with E-state index >= 15 is 0 Å². The van der Waals surface area contributed by atoms with Gasteiger partial charge in [-0.25, -0.2) is 9.18 Å². The van der Waals surface area contributed by atoms with Crippen LogP contribution in [0.15, 0.2) is 18.2 Å². The van der Waals surface area contributed by atoms with E-state index in [1.807, 2.05) is 23.1 Å².